The maximum absolute atomic E-state index is 12.5. The van der Waals surface area contributed by atoms with Crippen molar-refractivity contribution < 1.29 is 23.7 Å². The van der Waals surface area contributed by atoms with Gasteiger partial charge in [0.05, 0.1) is 23.7 Å². The Morgan fingerprint density at radius 3 is 2.32 bits per heavy atom. The van der Waals surface area contributed by atoms with Gasteiger partial charge in [0.15, 0.2) is 5.76 Å². The minimum absolute atomic E-state index is 0.0655. The van der Waals surface area contributed by atoms with Crippen LogP contribution >= 0.6 is 0 Å². The van der Waals surface area contributed by atoms with Crippen LogP contribution in [0, 0.1) is 10.1 Å². The molecule has 160 valence electrons. The summed E-state index contributed by atoms with van der Waals surface area (Å²) in [5.41, 5.74) is 1.55. The Morgan fingerprint density at radius 1 is 1.03 bits per heavy atom. The van der Waals surface area contributed by atoms with Crippen LogP contribution in [0.3, 0.4) is 0 Å². The van der Waals surface area contributed by atoms with Crippen LogP contribution in [-0.4, -0.2) is 23.8 Å². The van der Waals surface area contributed by atoms with Gasteiger partial charge in [-0.25, -0.2) is 0 Å². The number of carbonyl (C=O) groups excluding carboxylic acids is 2. The first-order valence-corrected chi connectivity index (χ1v) is 9.55. The highest BCUT2D eigenvalue weighted by Gasteiger charge is 2.18. The smallest absolute Gasteiger partial charge is 0.291 e. The number of ether oxygens (including phenoxy) is 1. The normalized spacial score (nSPS) is 10.4. The zero-order valence-electron chi connectivity index (χ0n) is 17.0. The molecule has 0 radical (unpaired) electrons. The second-order valence-corrected chi connectivity index (χ2v) is 6.64. The van der Waals surface area contributed by atoms with Gasteiger partial charge in [-0.3, -0.25) is 19.7 Å². The predicted molar refractivity (Wildman–Crippen MR) is 115 cm³/mol. The van der Waals surface area contributed by atoms with Crippen molar-refractivity contribution in [2.24, 2.45) is 0 Å². The number of hydrogen-bond donors (Lipinski definition) is 2. The van der Waals surface area contributed by atoms with E-state index in [0.717, 1.165) is 6.42 Å². The van der Waals surface area contributed by atoms with Gasteiger partial charge in [0, 0.05) is 23.9 Å². The van der Waals surface area contributed by atoms with E-state index in [0.29, 0.717) is 29.1 Å². The van der Waals surface area contributed by atoms with E-state index in [1.165, 1.54) is 31.4 Å². The maximum Gasteiger partial charge on any atom is 0.291 e. The number of benzene rings is 2. The molecule has 9 heteroatoms. The van der Waals surface area contributed by atoms with E-state index in [-0.39, 0.29) is 23.1 Å². The third-order valence-electron chi connectivity index (χ3n) is 4.39. The summed E-state index contributed by atoms with van der Waals surface area (Å²) in [6.45, 7) is 1.93. The molecule has 1 aromatic heterocycles. The van der Waals surface area contributed by atoms with Crippen molar-refractivity contribution in [3.63, 3.8) is 0 Å². The lowest BCUT2D eigenvalue weighted by Gasteiger charge is -2.07. The standard InChI is InChI=1S/C22H21N3O6/c1-3-4-21(26)23-14-5-7-15(8-6-14)24-22(27)19-12-11-18(31-19)17-10-9-16(25(28)29)13-20(17)30-2/h5-13H,3-4H2,1-2H3,(H,23,26)(H,24,27). The Hall–Kier alpha value is -4.14. The van der Waals surface area contributed by atoms with Crippen LogP contribution in [0.1, 0.15) is 30.3 Å². The Morgan fingerprint density at radius 2 is 1.71 bits per heavy atom. The molecule has 3 rings (SSSR count). The highest BCUT2D eigenvalue weighted by Crippen LogP contribution is 2.34. The summed E-state index contributed by atoms with van der Waals surface area (Å²) in [7, 11) is 1.40. The van der Waals surface area contributed by atoms with Crippen LogP contribution in [0.15, 0.2) is 59.0 Å². The first kappa shape index (κ1) is 21.6. The van der Waals surface area contributed by atoms with E-state index in [2.05, 4.69) is 10.6 Å². The van der Waals surface area contributed by atoms with Crippen LogP contribution in [0.4, 0.5) is 17.1 Å². The van der Waals surface area contributed by atoms with Crippen molar-refractivity contribution in [2.45, 2.75) is 19.8 Å². The second kappa shape index (κ2) is 9.57. The number of amides is 2. The summed E-state index contributed by atoms with van der Waals surface area (Å²) in [6.07, 6.45) is 1.20. The van der Waals surface area contributed by atoms with Gasteiger partial charge in [0.2, 0.25) is 5.91 Å². The molecule has 0 bridgehead atoms. The summed E-state index contributed by atoms with van der Waals surface area (Å²) in [4.78, 5) is 34.6. The number of carbonyl (C=O) groups is 2. The van der Waals surface area contributed by atoms with E-state index >= 15 is 0 Å². The third kappa shape index (κ3) is 5.27. The number of nitrogens with zero attached hydrogens (tertiary/aromatic N) is 1. The van der Waals surface area contributed by atoms with Gasteiger partial charge in [-0.1, -0.05) is 6.92 Å². The Bertz CT molecular complexity index is 1100. The summed E-state index contributed by atoms with van der Waals surface area (Å²) >= 11 is 0. The highest BCUT2D eigenvalue weighted by atomic mass is 16.6. The molecule has 0 unspecified atom stereocenters. The van der Waals surface area contributed by atoms with Gasteiger partial charge in [-0.2, -0.15) is 0 Å². The minimum Gasteiger partial charge on any atom is -0.496 e. The number of anilines is 2. The monoisotopic (exact) mass is 423 g/mol. The number of non-ortho nitro benzene ring substituents is 1. The number of furan rings is 1. The molecule has 1 heterocycles. The van der Waals surface area contributed by atoms with E-state index in [4.69, 9.17) is 9.15 Å². The van der Waals surface area contributed by atoms with Crippen LogP contribution in [-0.2, 0) is 4.79 Å². The van der Waals surface area contributed by atoms with Gasteiger partial charge >= 0.3 is 0 Å². The lowest BCUT2D eigenvalue weighted by atomic mass is 10.1. The summed E-state index contributed by atoms with van der Waals surface area (Å²) in [5, 5.41) is 16.4. The Labute approximate surface area is 178 Å². The number of nitro benzene ring substituents is 1. The Balaban J connectivity index is 1.71. The fourth-order valence-electron chi connectivity index (χ4n) is 2.88. The van der Waals surface area contributed by atoms with Gasteiger partial charge in [0.25, 0.3) is 11.6 Å². The van der Waals surface area contributed by atoms with Gasteiger partial charge in [0.1, 0.15) is 11.5 Å². The van der Waals surface area contributed by atoms with Crippen LogP contribution < -0.4 is 15.4 Å². The molecule has 0 aliphatic carbocycles. The SMILES string of the molecule is CCCC(=O)Nc1ccc(NC(=O)c2ccc(-c3ccc([N+](=O)[O-])cc3OC)o2)cc1. The van der Waals surface area contributed by atoms with Crippen molar-refractivity contribution in [2.75, 3.05) is 17.7 Å². The zero-order chi connectivity index (χ0) is 22.4. The van der Waals surface area contributed by atoms with E-state index in [1.807, 2.05) is 6.92 Å². The average Bonchev–Trinajstić information content (AvgIpc) is 3.25. The molecule has 2 N–H and O–H groups in total. The first-order valence-electron chi connectivity index (χ1n) is 9.55. The number of nitrogens with one attached hydrogen (secondary N) is 2. The molecule has 0 spiro atoms. The summed E-state index contributed by atoms with van der Waals surface area (Å²) < 4.78 is 10.8. The van der Waals surface area contributed by atoms with Crippen molar-refractivity contribution in [3.05, 3.63) is 70.5 Å². The molecule has 0 aliphatic heterocycles. The van der Waals surface area contributed by atoms with Crippen LogP contribution in [0.2, 0.25) is 0 Å². The number of hydrogen-bond acceptors (Lipinski definition) is 6. The van der Waals surface area contributed by atoms with Crippen LogP contribution in [0.5, 0.6) is 5.75 Å². The van der Waals surface area contributed by atoms with Crippen molar-refractivity contribution in [1.29, 1.82) is 0 Å². The summed E-state index contributed by atoms with van der Waals surface area (Å²) in [5.74, 6) is 0.136. The zero-order valence-corrected chi connectivity index (χ0v) is 17.0. The van der Waals surface area contributed by atoms with Gasteiger partial charge in [-0.05, 0) is 48.9 Å². The number of methoxy groups -OCH3 is 1. The molecular weight excluding hydrogens is 402 g/mol. The van der Waals surface area contributed by atoms with E-state index in [1.54, 1.807) is 30.3 Å². The van der Waals surface area contributed by atoms with E-state index < -0.39 is 10.8 Å². The fourth-order valence-corrected chi connectivity index (χ4v) is 2.88. The van der Waals surface area contributed by atoms with E-state index in [9.17, 15) is 19.7 Å². The molecule has 0 fully saturated rings. The molecular formula is C22H21N3O6. The molecule has 31 heavy (non-hydrogen) atoms. The average molecular weight is 423 g/mol. The molecule has 2 aromatic carbocycles. The fraction of sp³-hybridized carbons (Fsp3) is 0.182. The number of rotatable bonds is 8. The molecule has 3 aromatic rings. The van der Waals surface area contributed by atoms with Crippen molar-refractivity contribution >= 4 is 28.9 Å². The molecule has 0 saturated carbocycles. The number of nitro groups is 1. The lowest BCUT2D eigenvalue weighted by molar-refractivity contribution is -0.384. The molecule has 9 nitrogen and oxygen atoms in total. The van der Waals surface area contributed by atoms with Crippen molar-refractivity contribution in [3.8, 4) is 17.1 Å². The highest BCUT2D eigenvalue weighted by molar-refractivity contribution is 6.02. The van der Waals surface area contributed by atoms with Gasteiger partial charge < -0.3 is 19.8 Å². The molecule has 0 saturated heterocycles. The quantitative estimate of drug-likeness (QED) is 0.394. The lowest BCUT2D eigenvalue weighted by Crippen LogP contribution is -2.12. The van der Waals surface area contributed by atoms with Crippen molar-refractivity contribution in [1.82, 2.24) is 0 Å². The Kier molecular flexibility index (Phi) is 6.66. The van der Waals surface area contributed by atoms with Crippen LogP contribution in [0.25, 0.3) is 11.3 Å². The second-order valence-electron chi connectivity index (χ2n) is 6.64. The third-order valence-corrected chi connectivity index (χ3v) is 4.39. The molecule has 2 amide bonds. The predicted octanol–water partition coefficient (Wildman–Crippen LogP) is 4.85. The summed E-state index contributed by atoms with van der Waals surface area (Å²) in [6, 6.07) is 13.9. The maximum atomic E-state index is 12.5. The molecule has 0 atom stereocenters. The first-order chi connectivity index (χ1) is 14.9. The largest absolute Gasteiger partial charge is 0.496 e. The van der Waals surface area contributed by atoms with Gasteiger partial charge in [-0.15, -0.1) is 0 Å². The minimum atomic E-state index is -0.520. The molecule has 0 aliphatic rings. The topological polar surface area (TPSA) is 124 Å².